The van der Waals surface area contributed by atoms with E-state index in [0.29, 0.717) is 13.1 Å². The summed E-state index contributed by atoms with van der Waals surface area (Å²) in [7, 11) is -6.04. The molecule has 0 saturated carbocycles. The smallest absolute Gasteiger partial charge is 0.461 e. The lowest BCUT2D eigenvalue weighted by Gasteiger charge is -2.30. The average Bonchev–Trinajstić information content (AvgIpc) is 2.66. The van der Waals surface area contributed by atoms with E-state index in [1.807, 2.05) is 0 Å². The zero-order chi connectivity index (χ0) is 27.1. The molecule has 0 heterocycles. The fourth-order valence-corrected chi connectivity index (χ4v) is 2.60. The number of hydrogen-bond donors (Lipinski definition) is 0. The Labute approximate surface area is 178 Å². The Hall–Kier alpha value is -1.79. The third kappa shape index (κ3) is 9.17. The fraction of sp³-hybridized carbons (Fsp3) is 0.786. The second-order valence-corrected chi connectivity index (χ2v) is 8.03. The summed E-state index contributed by atoms with van der Waals surface area (Å²) in [6, 6.07) is 0. The van der Waals surface area contributed by atoms with Crippen LogP contribution in [0.25, 0.3) is 0 Å². The summed E-state index contributed by atoms with van der Waals surface area (Å²) >= 11 is 0. The summed E-state index contributed by atoms with van der Waals surface area (Å²) in [5.74, 6) is -16.1. The average molecular weight is 541 g/mol. The molecule has 0 bridgehead atoms. The number of rotatable bonds is 11. The first kappa shape index (κ1) is 33.4. The number of carbonyl (C=O) groups excluding carboxylic acids is 1. The molecule has 0 unspecified atom stereocenters. The molecule has 0 saturated heterocycles. The van der Waals surface area contributed by atoms with Crippen molar-refractivity contribution >= 4 is 16.0 Å². The van der Waals surface area contributed by atoms with E-state index in [1.165, 1.54) is 0 Å². The summed E-state index contributed by atoms with van der Waals surface area (Å²) in [4.78, 5) is 10.6. The third-order valence-corrected chi connectivity index (χ3v) is 5.09. The molecule has 0 aliphatic carbocycles. The van der Waals surface area contributed by atoms with Crippen LogP contribution in [0.2, 0.25) is 0 Å². The summed E-state index contributed by atoms with van der Waals surface area (Å²) in [6.45, 7) is -3.35. The quantitative estimate of drug-likeness (QED) is 0.222. The zero-order valence-corrected chi connectivity index (χ0v) is 17.0. The molecule has 33 heavy (non-hydrogen) atoms. The Morgan fingerprint density at radius 3 is 1.61 bits per heavy atom. The molecule has 0 atom stereocenters. The monoisotopic (exact) mass is 541 g/mol. The van der Waals surface area contributed by atoms with Gasteiger partial charge in [-0.1, -0.05) is 6.58 Å². The molecule has 0 aromatic rings. The van der Waals surface area contributed by atoms with Gasteiger partial charge in [-0.15, -0.1) is 0 Å². The molecule has 0 aromatic heterocycles. The minimum Gasteiger partial charge on any atom is -0.461 e. The van der Waals surface area contributed by atoms with Gasteiger partial charge in [0.1, 0.15) is 6.61 Å². The Balaban J connectivity index is 0. The second kappa shape index (κ2) is 11.6. The number of esters is 1. The lowest BCUT2D eigenvalue weighted by molar-refractivity contribution is -0.332. The van der Waals surface area contributed by atoms with E-state index in [0.717, 1.165) is 0 Å². The first-order valence-corrected chi connectivity index (χ1v) is 9.34. The zero-order valence-electron chi connectivity index (χ0n) is 16.2. The van der Waals surface area contributed by atoms with E-state index in [-0.39, 0.29) is 0 Å². The second-order valence-electron chi connectivity index (χ2n) is 5.94. The lowest BCUT2D eigenvalue weighted by Crippen LogP contribution is -2.59. The van der Waals surface area contributed by atoms with Crippen molar-refractivity contribution in [1.82, 2.24) is 4.31 Å². The topological polar surface area (TPSA) is 63.7 Å². The molecule has 0 radical (unpaired) electrons. The molecule has 0 amide bonds. The van der Waals surface area contributed by atoms with Crippen LogP contribution < -0.4 is 0 Å². The molecule has 0 aliphatic rings. The van der Waals surface area contributed by atoms with Crippen LogP contribution in [0.15, 0.2) is 12.7 Å². The van der Waals surface area contributed by atoms with Gasteiger partial charge in [0.15, 0.2) is 13.3 Å². The molecule has 0 spiro atoms. The molecule has 0 aliphatic heterocycles. The van der Waals surface area contributed by atoms with Gasteiger partial charge in [0.05, 0.1) is 6.42 Å². The molecular weight excluding hydrogens is 525 g/mol. The van der Waals surface area contributed by atoms with Crippen molar-refractivity contribution in [2.24, 2.45) is 0 Å². The number of likely N-dealkylation sites (N-methyl/N-ethyl adjacent to an activating group) is 1. The van der Waals surface area contributed by atoms with Crippen molar-refractivity contribution in [1.29, 1.82) is 0 Å². The first-order valence-electron chi connectivity index (χ1n) is 7.90. The molecule has 19 heteroatoms. The maximum Gasteiger partial charge on any atom is 0.461 e. The highest BCUT2D eigenvalue weighted by atomic mass is 32.2. The number of ether oxygens (including phenoxy) is 1. The van der Waals surface area contributed by atoms with Crippen LogP contribution in [0.4, 0.5) is 57.1 Å². The maximum atomic E-state index is 13.2. The van der Waals surface area contributed by atoms with Crippen molar-refractivity contribution in [3.05, 3.63) is 12.7 Å². The number of alkyl halides is 13. The standard InChI is InChI=1S/C9H10F7NO4S.C5H6F6/c1-3-6(18)21-5-4-17(2)22(19,20)9(15,16)7(10,11)8(12,13)14;6-2-4(8,9)1-5(10,11)3-7/h3H,1,4-5H2,2H3;1-3H2. The van der Waals surface area contributed by atoms with E-state index in [4.69, 9.17) is 0 Å². The molecule has 0 rings (SSSR count). The van der Waals surface area contributed by atoms with Gasteiger partial charge in [-0.25, -0.2) is 39.6 Å². The SMILES string of the molecule is C=CC(=O)OCCN(C)S(=O)(=O)C(F)(F)C(F)(F)C(F)(F)F.FCC(F)(F)CC(F)(F)CF. The number of nitrogens with zero attached hydrogens (tertiary/aromatic N) is 1. The molecule has 198 valence electrons. The lowest BCUT2D eigenvalue weighted by atomic mass is 10.1. The Morgan fingerprint density at radius 2 is 1.30 bits per heavy atom. The van der Waals surface area contributed by atoms with Crippen molar-refractivity contribution in [3.8, 4) is 0 Å². The highest BCUT2D eigenvalue weighted by molar-refractivity contribution is 7.90. The Morgan fingerprint density at radius 1 is 0.909 bits per heavy atom. The van der Waals surface area contributed by atoms with Crippen molar-refractivity contribution in [2.45, 2.75) is 35.6 Å². The van der Waals surface area contributed by atoms with Crippen LogP contribution in [0.1, 0.15) is 6.42 Å². The summed E-state index contributed by atoms with van der Waals surface area (Å²) in [5, 5.41) is -6.44. The van der Waals surface area contributed by atoms with Crippen LogP contribution in [-0.4, -0.2) is 81.4 Å². The highest BCUT2D eigenvalue weighted by Gasteiger charge is 2.79. The number of halogens is 13. The van der Waals surface area contributed by atoms with Gasteiger partial charge >= 0.3 is 23.3 Å². The van der Waals surface area contributed by atoms with Crippen LogP contribution in [-0.2, 0) is 19.6 Å². The Kier molecular flexibility index (Phi) is 11.7. The minimum atomic E-state index is -6.80. The van der Waals surface area contributed by atoms with Gasteiger partial charge in [0.2, 0.25) is 0 Å². The van der Waals surface area contributed by atoms with Crippen LogP contribution >= 0.6 is 0 Å². The molecule has 0 N–H and O–H groups in total. The van der Waals surface area contributed by atoms with E-state index in [9.17, 15) is 70.3 Å². The Bertz CT molecular complexity index is 739. The van der Waals surface area contributed by atoms with E-state index < -0.39 is 82.4 Å². The number of sulfonamides is 1. The first-order chi connectivity index (χ1) is 14.5. The molecule has 0 aromatic carbocycles. The number of carbonyl (C=O) groups is 1. The maximum absolute atomic E-state index is 13.2. The van der Waals surface area contributed by atoms with E-state index in [2.05, 4.69) is 11.3 Å². The predicted molar refractivity (Wildman–Crippen MR) is 85.1 cm³/mol. The van der Waals surface area contributed by atoms with Crippen molar-refractivity contribution in [2.75, 3.05) is 33.5 Å². The van der Waals surface area contributed by atoms with Crippen molar-refractivity contribution < 1.29 is 75.0 Å². The van der Waals surface area contributed by atoms with Crippen LogP contribution in [0.5, 0.6) is 0 Å². The minimum absolute atomic E-state index is 0.331. The van der Waals surface area contributed by atoms with Crippen molar-refractivity contribution in [3.63, 3.8) is 0 Å². The molecule has 0 fully saturated rings. The van der Waals surface area contributed by atoms with Crippen LogP contribution in [0.3, 0.4) is 0 Å². The third-order valence-electron chi connectivity index (χ3n) is 3.18. The van der Waals surface area contributed by atoms with Gasteiger partial charge in [-0.2, -0.15) is 35.0 Å². The summed E-state index contributed by atoms with van der Waals surface area (Å²) in [5.41, 5.74) is 0. The van der Waals surface area contributed by atoms with E-state index >= 15 is 0 Å². The van der Waals surface area contributed by atoms with E-state index in [1.54, 1.807) is 0 Å². The van der Waals surface area contributed by atoms with Gasteiger partial charge in [0.25, 0.3) is 21.9 Å². The largest absolute Gasteiger partial charge is 0.461 e. The summed E-state index contributed by atoms with van der Waals surface area (Å²) < 4.78 is 183. The van der Waals surface area contributed by atoms with Gasteiger partial charge < -0.3 is 4.74 Å². The fourth-order valence-electron chi connectivity index (χ4n) is 1.45. The summed E-state index contributed by atoms with van der Waals surface area (Å²) in [6.07, 6.45) is -8.21. The van der Waals surface area contributed by atoms with Crippen LogP contribution in [0, 0.1) is 0 Å². The van der Waals surface area contributed by atoms with Gasteiger partial charge in [0, 0.05) is 19.7 Å². The predicted octanol–water partition coefficient (Wildman–Crippen LogP) is 4.35. The highest BCUT2D eigenvalue weighted by Crippen LogP contribution is 2.49. The van der Waals surface area contributed by atoms with Gasteiger partial charge in [-0.3, -0.25) is 0 Å². The normalized spacial score (nSPS) is 13.9. The molecule has 5 nitrogen and oxygen atoms in total. The number of hydrogen-bond acceptors (Lipinski definition) is 4. The van der Waals surface area contributed by atoms with Gasteiger partial charge in [-0.05, 0) is 0 Å². The molecular formula is C14H16F13NO4S.